The van der Waals surface area contributed by atoms with Gasteiger partial charge in [-0.15, -0.1) is 12.4 Å². The summed E-state index contributed by atoms with van der Waals surface area (Å²) in [6.07, 6.45) is 3.44. The van der Waals surface area contributed by atoms with Crippen LogP contribution in [0.25, 0.3) is 11.0 Å². The van der Waals surface area contributed by atoms with E-state index in [-0.39, 0.29) is 17.7 Å². The highest BCUT2D eigenvalue weighted by atomic mass is 35.5. The number of fused-ring (bicyclic) bond motifs is 1. The highest BCUT2D eigenvalue weighted by Gasteiger charge is 2.10. The van der Waals surface area contributed by atoms with Gasteiger partial charge in [0.05, 0.1) is 18.2 Å². The van der Waals surface area contributed by atoms with Crippen molar-refractivity contribution in [3.63, 3.8) is 0 Å². The normalized spacial score (nSPS) is 10.6. The number of nitrogens with one attached hydrogen (secondary N) is 2. The standard InChI is InChI=1S/C14H16ClN5O.ClH/c15-14-19-12(17-8-10-4-2-6-21-10)11-7-9(3-1-5-16)18-13(11)20-14;/h2,4,6-7H,1,3,5,8,16H2,(H2,17,18,19,20);1H. The number of H-pyrrole nitrogens is 1. The average Bonchev–Trinajstić information content (AvgIpc) is 3.11. The zero-order valence-electron chi connectivity index (χ0n) is 11.8. The predicted molar refractivity (Wildman–Crippen MR) is 89.6 cm³/mol. The van der Waals surface area contributed by atoms with Gasteiger partial charge < -0.3 is 20.5 Å². The van der Waals surface area contributed by atoms with Gasteiger partial charge in [0, 0.05) is 5.69 Å². The van der Waals surface area contributed by atoms with Crippen LogP contribution in [-0.4, -0.2) is 21.5 Å². The molecule has 0 radical (unpaired) electrons. The summed E-state index contributed by atoms with van der Waals surface area (Å²) >= 11 is 5.97. The summed E-state index contributed by atoms with van der Waals surface area (Å²) in [6.45, 7) is 1.20. The number of rotatable bonds is 6. The number of aryl methyl sites for hydroxylation is 1. The van der Waals surface area contributed by atoms with Crippen molar-refractivity contribution in [2.45, 2.75) is 19.4 Å². The molecule has 0 saturated carbocycles. The van der Waals surface area contributed by atoms with Crippen molar-refractivity contribution in [3.05, 3.63) is 41.2 Å². The molecular weight excluding hydrogens is 325 g/mol. The number of nitrogens with zero attached hydrogens (tertiary/aromatic N) is 2. The van der Waals surface area contributed by atoms with Crippen LogP contribution in [0.5, 0.6) is 0 Å². The van der Waals surface area contributed by atoms with Crippen molar-refractivity contribution < 1.29 is 4.42 Å². The summed E-state index contributed by atoms with van der Waals surface area (Å²) in [5.74, 6) is 1.52. The first-order valence-corrected chi connectivity index (χ1v) is 7.15. The molecule has 22 heavy (non-hydrogen) atoms. The van der Waals surface area contributed by atoms with Crippen LogP contribution < -0.4 is 11.1 Å². The smallest absolute Gasteiger partial charge is 0.226 e. The van der Waals surface area contributed by atoms with Crippen LogP contribution in [-0.2, 0) is 13.0 Å². The van der Waals surface area contributed by atoms with Crippen molar-refractivity contribution in [1.82, 2.24) is 15.0 Å². The van der Waals surface area contributed by atoms with Crippen LogP contribution in [0.3, 0.4) is 0 Å². The largest absolute Gasteiger partial charge is 0.467 e. The molecule has 0 aliphatic heterocycles. The molecule has 0 amide bonds. The summed E-state index contributed by atoms with van der Waals surface area (Å²) in [5, 5.41) is 4.35. The second kappa shape index (κ2) is 7.49. The van der Waals surface area contributed by atoms with E-state index in [0.717, 1.165) is 35.3 Å². The maximum Gasteiger partial charge on any atom is 0.226 e. The van der Waals surface area contributed by atoms with Crippen molar-refractivity contribution in [1.29, 1.82) is 0 Å². The van der Waals surface area contributed by atoms with E-state index >= 15 is 0 Å². The SMILES string of the molecule is Cl.NCCCc1cc2c(NCc3ccco3)nc(Cl)nc2[nH]1. The van der Waals surface area contributed by atoms with Gasteiger partial charge in [0.15, 0.2) is 0 Å². The Kier molecular flexibility index (Phi) is 5.65. The quantitative estimate of drug-likeness (QED) is 0.599. The Morgan fingerprint density at radius 2 is 2.23 bits per heavy atom. The summed E-state index contributed by atoms with van der Waals surface area (Å²) in [5.41, 5.74) is 7.34. The molecule has 118 valence electrons. The van der Waals surface area contributed by atoms with E-state index in [1.807, 2.05) is 18.2 Å². The molecule has 0 bridgehead atoms. The highest BCUT2D eigenvalue weighted by molar-refractivity contribution is 6.28. The molecule has 0 aliphatic rings. The molecule has 0 aliphatic carbocycles. The van der Waals surface area contributed by atoms with Crippen molar-refractivity contribution >= 4 is 40.9 Å². The molecule has 0 saturated heterocycles. The molecule has 0 unspecified atom stereocenters. The fourth-order valence-corrected chi connectivity index (χ4v) is 2.35. The Labute approximate surface area is 138 Å². The van der Waals surface area contributed by atoms with Gasteiger partial charge >= 0.3 is 0 Å². The second-order valence-corrected chi connectivity index (χ2v) is 5.06. The van der Waals surface area contributed by atoms with Crippen LogP contribution in [0.1, 0.15) is 17.9 Å². The molecule has 8 heteroatoms. The van der Waals surface area contributed by atoms with E-state index in [1.165, 1.54) is 0 Å². The van der Waals surface area contributed by atoms with Crippen LogP contribution in [0.2, 0.25) is 5.28 Å². The minimum absolute atomic E-state index is 0. The Hall–Kier alpha value is -1.76. The summed E-state index contributed by atoms with van der Waals surface area (Å²) in [4.78, 5) is 11.7. The van der Waals surface area contributed by atoms with Gasteiger partial charge in [-0.1, -0.05) is 0 Å². The van der Waals surface area contributed by atoms with Gasteiger partial charge in [-0.25, -0.2) is 4.98 Å². The Bertz CT molecular complexity index is 726. The molecule has 4 N–H and O–H groups in total. The number of aromatic nitrogens is 3. The van der Waals surface area contributed by atoms with E-state index in [9.17, 15) is 0 Å². The second-order valence-electron chi connectivity index (χ2n) is 4.72. The minimum atomic E-state index is 0. The predicted octanol–water partition coefficient (Wildman–Crippen LogP) is 3.13. The van der Waals surface area contributed by atoms with E-state index in [2.05, 4.69) is 20.3 Å². The monoisotopic (exact) mass is 341 g/mol. The third-order valence-electron chi connectivity index (χ3n) is 3.18. The molecule has 6 nitrogen and oxygen atoms in total. The van der Waals surface area contributed by atoms with Crippen LogP contribution in [0.4, 0.5) is 5.82 Å². The maximum atomic E-state index is 5.97. The van der Waals surface area contributed by atoms with E-state index in [4.69, 9.17) is 21.8 Å². The number of nitrogens with two attached hydrogens (primary N) is 1. The number of anilines is 1. The molecule has 3 aromatic rings. The lowest BCUT2D eigenvalue weighted by Gasteiger charge is -2.04. The lowest BCUT2D eigenvalue weighted by Crippen LogP contribution is -2.01. The first kappa shape index (κ1) is 16.6. The molecule has 0 atom stereocenters. The molecule has 0 fully saturated rings. The summed E-state index contributed by atoms with van der Waals surface area (Å²) in [7, 11) is 0. The van der Waals surface area contributed by atoms with Crippen LogP contribution in [0, 0.1) is 0 Å². The Balaban J connectivity index is 0.00000176. The molecule has 0 aromatic carbocycles. The van der Waals surface area contributed by atoms with Gasteiger partial charge in [-0.2, -0.15) is 4.98 Å². The number of aromatic amines is 1. The lowest BCUT2D eigenvalue weighted by atomic mass is 10.2. The third kappa shape index (κ3) is 3.71. The first-order valence-electron chi connectivity index (χ1n) is 6.77. The maximum absolute atomic E-state index is 5.97. The molecule has 3 heterocycles. The van der Waals surface area contributed by atoms with Gasteiger partial charge in [-0.3, -0.25) is 0 Å². The summed E-state index contributed by atoms with van der Waals surface area (Å²) in [6, 6.07) is 5.78. The fraction of sp³-hybridized carbons (Fsp3) is 0.286. The van der Waals surface area contributed by atoms with Crippen molar-refractivity contribution in [2.75, 3.05) is 11.9 Å². The topological polar surface area (TPSA) is 92.8 Å². The van der Waals surface area contributed by atoms with Gasteiger partial charge in [0.25, 0.3) is 0 Å². The average molecular weight is 342 g/mol. The lowest BCUT2D eigenvalue weighted by molar-refractivity contribution is 0.518. The zero-order valence-corrected chi connectivity index (χ0v) is 13.4. The zero-order chi connectivity index (χ0) is 14.7. The molecular formula is C14H17Cl2N5O. The number of hydrogen-bond donors (Lipinski definition) is 3. The van der Waals surface area contributed by atoms with E-state index < -0.39 is 0 Å². The highest BCUT2D eigenvalue weighted by Crippen LogP contribution is 2.24. The fourth-order valence-electron chi connectivity index (χ4n) is 2.18. The van der Waals surface area contributed by atoms with E-state index in [1.54, 1.807) is 6.26 Å². The van der Waals surface area contributed by atoms with Crippen molar-refractivity contribution in [2.24, 2.45) is 5.73 Å². The number of halogens is 2. The van der Waals surface area contributed by atoms with Gasteiger partial charge in [-0.05, 0) is 49.2 Å². The number of hydrogen-bond acceptors (Lipinski definition) is 5. The number of furan rings is 1. The van der Waals surface area contributed by atoms with Crippen LogP contribution >= 0.6 is 24.0 Å². The molecule has 3 aromatic heterocycles. The van der Waals surface area contributed by atoms with Gasteiger partial charge in [0.1, 0.15) is 17.2 Å². The minimum Gasteiger partial charge on any atom is -0.467 e. The first-order chi connectivity index (χ1) is 10.3. The summed E-state index contributed by atoms with van der Waals surface area (Å²) < 4.78 is 5.30. The van der Waals surface area contributed by atoms with E-state index in [0.29, 0.717) is 18.9 Å². The van der Waals surface area contributed by atoms with Crippen molar-refractivity contribution in [3.8, 4) is 0 Å². The Morgan fingerprint density at radius 3 is 2.95 bits per heavy atom. The Morgan fingerprint density at radius 1 is 1.36 bits per heavy atom. The molecule has 3 rings (SSSR count). The molecule has 0 spiro atoms. The third-order valence-corrected chi connectivity index (χ3v) is 3.35. The van der Waals surface area contributed by atoms with Crippen LogP contribution in [0.15, 0.2) is 28.9 Å². The van der Waals surface area contributed by atoms with Gasteiger partial charge in [0.2, 0.25) is 5.28 Å².